The molecule has 1 aliphatic rings. The first kappa shape index (κ1) is 11.9. The van der Waals surface area contributed by atoms with Crippen molar-refractivity contribution in [3.63, 3.8) is 0 Å². The minimum Gasteiger partial charge on any atom is -0.336 e. The van der Waals surface area contributed by atoms with Gasteiger partial charge in [0.15, 0.2) is 0 Å². The molecule has 1 atom stereocenters. The normalized spacial score (nSPS) is 16.4. The lowest BCUT2D eigenvalue weighted by atomic mass is 10.1. The molecule has 0 aromatic carbocycles. The fraction of sp³-hybridized carbons (Fsp3) is 0.308. The summed E-state index contributed by atoms with van der Waals surface area (Å²) in [4.78, 5) is 16.6. The molecule has 1 amide bonds. The number of hydrogen-bond acceptors (Lipinski definition) is 4. The van der Waals surface area contributed by atoms with Crippen LogP contribution < -0.4 is 5.73 Å². The van der Waals surface area contributed by atoms with E-state index in [0.29, 0.717) is 6.54 Å². The van der Waals surface area contributed by atoms with Gasteiger partial charge in [0.25, 0.3) is 0 Å². The summed E-state index contributed by atoms with van der Waals surface area (Å²) in [5, 5.41) is 4.05. The summed E-state index contributed by atoms with van der Waals surface area (Å²) < 4.78 is 0. The molecule has 3 nitrogen and oxygen atoms in total. The van der Waals surface area contributed by atoms with E-state index in [1.165, 1.54) is 10.4 Å². The summed E-state index contributed by atoms with van der Waals surface area (Å²) in [5.74, 6) is 0.0364. The Balaban J connectivity index is 1.75. The van der Waals surface area contributed by atoms with Crippen LogP contribution in [-0.4, -0.2) is 17.4 Å². The number of carbonyl (C=O) groups is 1. The second kappa shape index (κ2) is 4.84. The maximum Gasteiger partial charge on any atom is 0.245 e. The average molecular weight is 278 g/mol. The SMILES string of the molecule is NC(C(=O)N1CCc2sccc2C1)c1cccs1. The van der Waals surface area contributed by atoms with E-state index >= 15 is 0 Å². The summed E-state index contributed by atoms with van der Waals surface area (Å²) in [6.07, 6.45) is 0.954. The number of carbonyl (C=O) groups excluding carboxylic acids is 1. The molecule has 0 saturated heterocycles. The van der Waals surface area contributed by atoms with E-state index in [2.05, 4.69) is 11.4 Å². The molecule has 18 heavy (non-hydrogen) atoms. The summed E-state index contributed by atoms with van der Waals surface area (Å²) in [6, 6.07) is 5.45. The van der Waals surface area contributed by atoms with E-state index in [0.717, 1.165) is 17.8 Å². The van der Waals surface area contributed by atoms with Gasteiger partial charge in [-0.3, -0.25) is 4.79 Å². The van der Waals surface area contributed by atoms with Crippen LogP contribution in [0.5, 0.6) is 0 Å². The van der Waals surface area contributed by atoms with E-state index in [-0.39, 0.29) is 5.91 Å². The molecule has 0 saturated carbocycles. The van der Waals surface area contributed by atoms with Crippen LogP contribution in [0, 0.1) is 0 Å². The van der Waals surface area contributed by atoms with Gasteiger partial charge in [-0.25, -0.2) is 0 Å². The molecule has 5 heteroatoms. The third-order valence-corrected chi connectivity index (χ3v) is 5.21. The van der Waals surface area contributed by atoms with Crippen LogP contribution >= 0.6 is 22.7 Å². The Morgan fingerprint density at radius 2 is 2.22 bits per heavy atom. The van der Waals surface area contributed by atoms with Crippen molar-refractivity contribution in [2.45, 2.75) is 19.0 Å². The molecule has 0 spiro atoms. The molecule has 0 fully saturated rings. The highest BCUT2D eigenvalue weighted by atomic mass is 32.1. The van der Waals surface area contributed by atoms with Crippen LogP contribution in [0.1, 0.15) is 21.4 Å². The van der Waals surface area contributed by atoms with Crippen LogP contribution in [0.2, 0.25) is 0 Å². The van der Waals surface area contributed by atoms with Gasteiger partial charge in [0.1, 0.15) is 6.04 Å². The number of nitrogens with two attached hydrogens (primary N) is 1. The monoisotopic (exact) mass is 278 g/mol. The predicted molar refractivity (Wildman–Crippen MR) is 74.7 cm³/mol. The smallest absolute Gasteiger partial charge is 0.245 e. The van der Waals surface area contributed by atoms with Gasteiger partial charge in [0, 0.05) is 22.8 Å². The van der Waals surface area contributed by atoms with Gasteiger partial charge in [0.05, 0.1) is 0 Å². The van der Waals surface area contributed by atoms with Crippen molar-refractivity contribution >= 4 is 28.6 Å². The Kier molecular flexibility index (Phi) is 3.20. The second-order valence-electron chi connectivity index (χ2n) is 4.37. The largest absolute Gasteiger partial charge is 0.336 e. The van der Waals surface area contributed by atoms with Crippen LogP contribution in [-0.2, 0) is 17.8 Å². The Hall–Kier alpha value is -1.17. The van der Waals surface area contributed by atoms with E-state index in [1.54, 1.807) is 22.7 Å². The van der Waals surface area contributed by atoms with Crippen LogP contribution in [0.25, 0.3) is 0 Å². The summed E-state index contributed by atoms with van der Waals surface area (Å²) in [5.41, 5.74) is 7.31. The molecule has 3 heterocycles. The fourth-order valence-electron chi connectivity index (χ4n) is 2.22. The van der Waals surface area contributed by atoms with E-state index in [4.69, 9.17) is 5.73 Å². The van der Waals surface area contributed by atoms with Crippen molar-refractivity contribution < 1.29 is 4.79 Å². The van der Waals surface area contributed by atoms with Gasteiger partial charge in [-0.1, -0.05) is 6.07 Å². The van der Waals surface area contributed by atoms with Crippen LogP contribution in [0.3, 0.4) is 0 Å². The number of hydrogen-bond donors (Lipinski definition) is 1. The Bertz CT molecular complexity index is 547. The quantitative estimate of drug-likeness (QED) is 0.917. The van der Waals surface area contributed by atoms with Crippen LogP contribution in [0.4, 0.5) is 0 Å². The third kappa shape index (κ3) is 2.09. The molecule has 0 bridgehead atoms. The molecule has 3 rings (SSSR count). The summed E-state index contributed by atoms with van der Waals surface area (Å²) >= 11 is 3.32. The van der Waals surface area contributed by atoms with Crippen molar-refractivity contribution in [3.05, 3.63) is 44.3 Å². The van der Waals surface area contributed by atoms with Crippen molar-refractivity contribution in [2.75, 3.05) is 6.54 Å². The van der Waals surface area contributed by atoms with E-state index < -0.39 is 6.04 Å². The van der Waals surface area contributed by atoms with Crippen molar-refractivity contribution in [2.24, 2.45) is 5.73 Å². The topological polar surface area (TPSA) is 46.3 Å². The van der Waals surface area contributed by atoms with Crippen molar-refractivity contribution in [1.82, 2.24) is 4.90 Å². The molecular weight excluding hydrogens is 264 g/mol. The highest BCUT2D eigenvalue weighted by molar-refractivity contribution is 7.10. The van der Waals surface area contributed by atoms with Crippen LogP contribution in [0.15, 0.2) is 29.0 Å². The summed E-state index contributed by atoms with van der Waals surface area (Å²) in [6.45, 7) is 1.49. The highest BCUT2D eigenvalue weighted by Crippen LogP contribution is 2.26. The van der Waals surface area contributed by atoms with Crippen molar-refractivity contribution in [3.8, 4) is 0 Å². The first-order valence-electron chi connectivity index (χ1n) is 5.88. The molecule has 94 valence electrons. The minimum absolute atomic E-state index is 0.0364. The van der Waals surface area contributed by atoms with Gasteiger partial charge in [-0.2, -0.15) is 0 Å². The van der Waals surface area contributed by atoms with Gasteiger partial charge in [-0.05, 0) is 34.9 Å². The number of amides is 1. The first-order valence-corrected chi connectivity index (χ1v) is 7.64. The molecule has 2 aromatic rings. The van der Waals surface area contributed by atoms with Gasteiger partial charge in [0.2, 0.25) is 5.91 Å². The lowest BCUT2D eigenvalue weighted by molar-refractivity contribution is -0.133. The average Bonchev–Trinajstić information content (AvgIpc) is 3.06. The van der Waals surface area contributed by atoms with E-state index in [1.807, 2.05) is 22.4 Å². The second-order valence-corrected chi connectivity index (χ2v) is 6.35. The Morgan fingerprint density at radius 1 is 1.33 bits per heavy atom. The fourth-order valence-corrected chi connectivity index (χ4v) is 3.83. The number of fused-ring (bicyclic) bond motifs is 1. The summed E-state index contributed by atoms with van der Waals surface area (Å²) in [7, 11) is 0. The third-order valence-electron chi connectivity index (χ3n) is 3.24. The number of nitrogens with zero attached hydrogens (tertiary/aromatic N) is 1. The molecular formula is C13H14N2OS2. The van der Waals surface area contributed by atoms with Gasteiger partial charge >= 0.3 is 0 Å². The molecule has 2 N–H and O–H groups in total. The molecule has 0 aliphatic carbocycles. The van der Waals surface area contributed by atoms with E-state index in [9.17, 15) is 4.79 Å². The van der Waals surface area contributed by atoms with Gasteiger partial charge in [-0.15, -0.1) is 22.7 Å². The molecule has 1 unspecified atom stereocenters. The molecule has 1 aliphatic heterocycles. The zero-order valence-corrected chi connectivity index (χ0v) is 11.5. The zero-order valence-electron chi connectivity index (χ0n) is 9.83. The molecule has 2 aromatic heterocycles. The van der Waals surface area contributed by atoms with Gasteiger partial charge < -0.3 is 10.6 Å². The first-order chi connectivity index (χ1) is 8.75. The minimum atomic E-state index is -0.509. The lowest BCUT2D eigenvalue weighted by Crippen LogP contribution is -2.40. The Labute approximate surface area is 114 Å². The maximum absolute atomic E-state index is 12.3. The standard InChI is InChI=1S/C13H14N2OS2/c14-12(11-2-1-6-17-11)13(16)15-5-3-10-9(8-15)4-7-18-10/h1-2,4,6-7,12H,3,5,8,14H2. The molecule has 0 radical (unpaired) electrons. The maximum atomic E-state index is 12.3. The zero-order chi connectivity index (χ0) is 12.5. The Morgan fingerprint density at radius 3 is 3.00 bits per heavy atom. The highest BCUT2D eigenvalue weighted by Gasteiger charge is 2.26. The number of thiophene rings is 2. The lowest BCUT2D eigenvalue weighted by Gasteiger charge is -2.29. The van der Waals surface area contributed by atoms with Crippen molar-refractivity contribution in [1.29, 1.82) is 0 Å². The number of rotatable bonds is 2. The predicted octanol–water partition coefficient (Wildman–Crippen LogP) is 2.39.